The maximum Gasteiger partial charge on any atom is 0.0472 e. The maximum atomic E-state index is 11.8. The summed E-state index contributed by atoms with van der Waals surface area (Å²) in [6.07, 6.45) is 7.24. The summed E-state index contributed by atoms with van der Waals surface area (Å²) in [5, 5.41) is 12.3. The Balaban J connectivity index is 2.51. The van der Waals surface area contributed by atoms with Gasteiger partial charge in [-0.3, -0.25) is 0 Å². The lowest BCUT2D eigenvalue weighted by molar-refractivity contribution is -0.244. The minimum atomic E-state index is -0.0272. The summed E-state index contributed by atoms with van der Waals surface area (Å²) >= 11 is 5.92. The fourth-order valence-corrected chi connectivity index (χ4v) is 1.55. The van der Waals surface area contributed by atoms with Crippen LogP contribution in [0.2, 0.25) is 5.02 Å². The molecule has 70 valence electrons. The highest BCUT2D eigenvalue weighted by molar-refractivity contribution is 6.32. The molecule has 0 saturated carbocycles. The van der Waals surface area contributed by atoms with Crippen molar-refractivity contribution >= 4 is 17.4 Å². The van der Waals surface area contributed by atoms with Gasteiger partial charge in [0.15, 0.2) is 0 Å². The van der Waals surface area contributed by atoms with Crippen LogP contribution >= 0.6 is 11.6 Å². The molecule has 0 N–H and O–H groups in total. The van der Waals surface area contributed by atoms with Crippen LogP contribution in [0, 0.1) is 0 Å². The van der Waals surface area contributed by atoms with E-state index in [9.17, 15) is 5.11 Å². The van der Waals surface area contributed by atoms with E-state index in [1.165, 1.54) is 0 Å². The molecule has 0 unspecified atom stereocenters. The molecule has 1 aromatic carbocycles. The molecule has 1 aromatic rings. The molecule has 0 saturated heterocycles. The largest absolute Gasteiger partial charge is 0.872 e. The molecule has 1 aliphatic rings. The summed E-state index contributed by atoms with van der Waals surface area (Å²) in [4.78, 5) is 0. The highest BCUT2D eigenvalue weighted by Crippen LogP contribution is 2.24. The first kappa shape index (κ1) is 9.10. The predicted molar refractivity (Wildman–Crippen MR) is 56.7 cm³/mol. The Kier molecular flexibility index (Phi) is 2.42. The van der Waals surface area contributed by atoms with Crippen molar-refractivity contribution in [3.8, 4) is 0 Å². The first-order chi connectivity index (χ1) is 6.79. The van der Waals surface area contributed by atoms with Gasteiger partial charge in [-0.2, -0.15) is 0 Å². The van der Waals surface area contributed by atoms with Crippen molar-refractivity contribution in [2.24, 2.45) is 0 Å². The fraction of sp³-hybridized carbons (Fsp3) is 0. The predicted octanol–water partition coefficient (Wildman–Crippen LogP) is 2.54. The third kappa shape index (κ3) is 1.59. The van der Waals surface area contributed by atoms with Gasteiger partial charge in [-0.15, -0.1) is 0 Å². The average molecular weight is 204 g/mol. The summed E-state index contributed by atoms with van der Waals surface area (Å²) in [7, 11) is 0. The van der Waals surface area contributed by atoms with Gasteiger partial charge in [0.1, 0.15) is 0 Å². The minimum absolute atomic E-state index is 0.0272. The molecule has 0 atom stereocenters. The van der Waals surface area contributed by atoms with Crippen molar-refractivity contribution in [2.75, 3.05) is 0 Å². The van der Waals surface area contributed by atoms with Gasteiger partial charge in [0, 0.05) is 5.02 Å². The highest BCUT2D eigenvalue weighted by Gasteiger charge is 2.01. The normalized spacial score (nSPS) is 13.6. The summed E-state index contributed by atoms with van der Waals surface area (Å²) in [6.45, 7) is 0. The zero-order valence-electron chi connectivity index (χ0n) is 7.41. The fourth-order valence-electron chi connectivity index (χ4n) is 1.33. The highest BCUT2D eigenvalue weighted by atomic mass is 35.5. The van der Waals surface area contributed by atoms with Crippen LogP contribution in [0.3, 0.4) is 0 Å². The van der Waals surface area contributed by atoms with Crippen LogP contribution in [-0.4, -0.2) is 0 Å². The van der Waals surface area contributed by atoms with Crippen molar-refractivity contribution < 1.29 is 5.11 Å². The molecule has 14 heavy (non-hydrogen) atoms. The molecular formula is C12H8ClO-. The van der Waals surface area contributed by atoms with Gasteiger partial charge >= 0.3 is 0 Å². The van der Waals surface area contributed by atoms with Crippen LogP contribution in [0.4, 0.5) is 0 Å². The second kappa shape index (κ2) is 3.72. The molecule has 1 nitrogen and oxygen atoms in total. The molecule has 0 aromatic heterocycles. The summed E-state index contributed by atoms with van der Waals surface area (Å²) < 4.78 is 0. The Hall–Kier alpha value is -1.47. The summed E-state index contributed by atoms with van der Waals surface area (Å²) in [6, 6.07) is 7.07. The Morgan fingerprint density at radius 1 is 1.07 bits per heavy atom. The van der Waals surface area contributed by atoms with E-state index >= 15 is 0 Å². The lowest BCUT2D eigenvalue weighted by Gasteiger charge is -2.15. The number of halogens is 1. The Morgan fingerprint density at radius 3 is 2.36 bits per heavy atom. The second-order valence-corrected chi connectivity index (χ2v) is 3.39. The van der Waals surface area contributed by atoms with Gasteiger partial charge in [0.2, 0.25) is 0 Å². The standard InChI is InChI=1S/C12H9ClO/c13-11-8-4-3-7-10(11)12(14)9-5-1-2-6-9/h1-8,14H/p-1. The van der Waals surface area contributed by atoms with Crippen LogP contribution in [-0.2, 0) is 0 Å². The van der Waals surface area contributed by atoms with Gasteiger partial charge in [-0.05, 0) is 17.2 Å². The minimum Gasteiger partial charge on any atom is -0.872 e. The van der Waals surface area contributed by atoms with Gasteiger partial charge in [0.05, 0.1) is 0 Å². The molecule has 0 spiro atoms. The third-order valence-electron chi connectivity index (χ3n) is 2.04. The molecule has 0 fully saturated rings. The van der Waals surface area contributed by atoms with Crippen molar-refractivity contribution in [3.05, 3.63) is 64.7 Å². The van der Waals surface area contributed by atoms with Crippen molar-refractivity contribution in [1.29, 1.82) is 0 Å². The number of benzene rings is 1. The van der Waals surface area contributed by atoms with Gasteiger partial charge in [-0.1, -0.05) is 59.9 Å². The van der Waals surface area contributed by atoms with E-state index in [1.807, 2.05) is 24.3 Å². The van der Waals surface area contributed by atoms with Gasteiger partial charge in [-0.25, -0.2) is 0 Å². The third-order valence-corrected chi connectivity index (χ3v) is 2.37. The molecule has 1 aliphatic carbocycles. The SMILES string of the molecule is [O-]C(=C1C=CC=C1)c1ccccc1Cl. The van der Waals surface area contributed by atoms with Gasteiger partial charge in [0.25, 0.3) is 0 Å². The molecular weight excluding hydrogens is 196 g/mol. The number of rotatable bonds is 1. The van der Waals surface area contributed by atoms with E-state index in [0.29, 0.717) is 16.2 Å². The van der Waals surface area contributed by atoms with E-state index < -0.39 is 0 Å². The molecule has 0 amide bonds. The Morgan fingerprint density at radius 2 is 1.71 bits per heavy atom. The zero-order chi connectivity index (χ0) is 9.97. The van der Waals surface area contributed by atoms with Crippen molar-refractivity contribution in [3.63, 3.8) is 0 Å². The molecule has 0 bridgehead atoms. The van der Waals surface area contributed by atoms with E-state index in [-0.39, 0.29) is 5.76 Å². The lowest BCUT2D eigenvalue weighted by Crippen LogP contribution is -2.04. The zero-order valence-corrected chi connectivity index (χ0v) is 8.16. The van der Waals surface area contributed by atoms with Crippen LogP contribution < -0.4 is 5.11 Å². The van der Waals surface area contributed by atoms with E-state index in [0.717, 1.165) is 0 Å². The first-order valence-electron chi connectivity index (χ1n) is 4.30. The number of hydrogen-bond donors (Lipinski definition) is 0. The molecule has 2 rings (SSSR count). The van der Waals surface area contributed by atoms with Crippen molar-refractivity contribution in [1.82, 2.24) is 0 Å². The topological polar surface area (TPSA) is 23.1 Å². The smallest absolute Gasteiger partial charge is 0.0472 e. The quantitative estimate of drug-likeness (QED) is 0.644. The first-order valence-corrected chi connectivity index (χ1v) is 4.68. The second-order valence-electron chi connectivity index (χ2n) is 2.98. The van der Waals surface area contributed by atoms with Crippen LogP contribution in [0.25, 0.3) is 5.76 Å². The monoisotopic (exact) mass is 203 g/mol. The van der Waals surface area contributed by atoms with Crippen LogP contribution in [0.15, 0.2) is 54.1 Å². The maximum absolute atomic E-state index is 11.8. The summed E-state index contributed by atoms with van der Waals surface area (Å²) in [5.41, 5.74) is 1.23. The molecule has 2 heteroatoms. The van der Waals surface area contributed by atoms with Gasteiger partial charge < -0.3 is 5.11 Å². The Bertz CT molecular complexity index is 427. The Labute approximate surface area is 87.6 Å². The summed E-state index contributed by atoms with van der Waals surface area (Å²) in [5.74, 6) is -0.0272. The molecule has 0 heterocycles. The number of allylic oxidation sites excluding steroid dienone is 5. The number of hydrogen-bond acceptors (Lipinski definition) is 1. The lowest BCUT2D eigenvalue weighted by atomic mass is 10.1. The molecule has 0 aliphatic heterocycles. The van der Waals surface area contributed by atoms with Crippen LogP contribution in [0.1, 0.15) is 5.56 Å². The van der Waals surface area contributed by atoms with Crippen molar-refractivity contribution in [2.45, 2.75) is 0 Å². The molecule has 0 radical (unpaired) electrons. The average Bonchev–Trinajstić information content (AvgIpc) is 2.70. The van der Waals surface area contributed by atoms with Crippen LogP contribution in [0.5, 0.6) is 0 Å². The van der Waals surface area contributed by atoms with E-state index in [2.05, 4.69) is 0 Å². The van der Waals surface area contributed by atoms with E-state index in [1.54, 1.807) is 24.3 Å². The van der Waals surface area contributed by atoms with E-state index in [4.69, 9.17) is 11.6 Å².